The molecule has 1 aliphatic rings. The molecule has 76 valence electrons. The topological polar surface area (TPSA) is 42.2 Å². The molecular weight excluding hydrogens is 194 g/mol. The molecule has 1 saturated heterocycles. The smallest absolute Gasteiger partial charge is 0.146 e. The van der Waals surface area contributed by atoms with Gasteiger partial charge >= 0.3 is 0 Å². The van der Waals surface area contributed by atoms with Crippen LogP contribution in [0, 0.1) is 0 Å². The van der Waals surface area contributed by atoms with Gasteiger partial charge < -0.3 is 10.6 Å². The Hall–Kier alpha value is -0.900. The van der Waals surface area contributed by atoms with Gasteiger partial charge in [0.15, 0.2) is 0 Å². The SMILES string of the molecule is CN(c1cccnc1N)C1CCSC1. The number of aromatic nitrogens is 1. The van der Waals surface area contributed by atoms with Crippen LogP contribution in [0.5, 0.6) is 0 Å². The number of pyridine rings is 1. The summed E-state index contributed by atoms with van der Waals surface area (Å²) in [5.74, 6) is 3.09. The first-order valence-electron chi connectivity index (χ1n) is 4.80. The summed E-state index contributed by atoms with van der Waals surface area (Å²) in [6.45, 7) is 0. The second kappa shape index (κ2) is 4.09. The standard InChI is InChI=1S/C10H15N3S/c1-13(8-4-6-14-7-8)9-3-2-5-12-10(9)11/h2-3,5,8H,4,6-7H2,1H3,(H2,11,12). The van der Waals surface area contributed by atoms with E-state index in [1.54, 1.807) is 6.20 Å². The molecule has 0 aromatic carbocycles. The molecule has 2 rings (SSSR count). The average molecular weight is 209 g/mol. The van der Waals surface area contributed by atoms with E-state index in [9.17, 15) is 0 Å². The van der Waals surface area contributed by atoms with E-state index in [2.05, 4.69) is 16.9 Å². The maximum Gasteiger partial charge on any atom is 0.146 e. The fourth-order valence-electron chi connectivity index (χ4n) is 1.73. The van der Waals surface area contributed by atoms with Crippen LogP contribution in [-0.2, 0) is 0 Å². The van der Waals surface area contributed by atoms with Gasteiger partial charge in [0, 0.05) is 25.0 Å². The Balaban J connectivity index is 2.17. The van der Waals surface area contributed by atoms with E-state index in [1.807, 2.05) is 23.9 Å². The Morgan fingerprint density at radius 3 is 3.14 bits per heavy atom. The number of hydrogen-bond donors (Lipinski definition) is 1. The first-order chi connectivity index (χ1) is 6.79. The summed E-state index contributed by atoms with van der Waals surface area (Å²) in [6.07, 6.45) is 2.98. The molecule has 14 heavy (non-hydrogen) atoms. The van der Waals surface area contributed by atoms with E-state index in [1.165, 1.54) is 17.9 Å². The predicted octanol–water partition coefficient (Wildman–Crippen LogP) is 1.61. The lowest BCUT2D eigenvalue weighted by Gasteiger charge is -2.26. The Labute approximate surface area is 88.7 Å². The molecule has 0 aliphatic carbocycles. The summed E-state index contributed by atoms with van der Waals surface area (Å²) in [4.78, 5) is 6.35. The van der Waals surface area contributed by atoms with Gasteiger partial charge in [0.25, 0.3) is 0 Å². The zero-order valence-electron chi connectivity index (χ0n) is 8.31. The minimum absolute atomic E-state index is 0.617. The molecular formula is C10H15N3S. The first kappa shape index (κ1) is 9.65. The second-order valence-corrected chi connectivity index (χ2v) is 4.69. The summed E-state index contributed by atoms with van der Waals surface area (Å²) in [5, 5.41) is 0. The third-order valence-corrected chi connectivity index (χ3v) is 3.79. The molecule has 2 heterocycles. The van der Waals surface area contributed by atoms with Crippen LogP contribution in [0.25, 0.3) is 0 Å². The van der Waals surface area contributed by atoms with Crippen molar-refractivity contribution in [1.29, 1.82) is 0 Å². The predicted molar refractivity (Wildman–Crippen MR) is 62.8 cm³/mol. The van der Waals surface area contributed by atoms with E-state index in [0.717, 1.165) is 5.69 Å². The van der Waals surface area contributed by atoms with E-state index < -0.39 is 0 Å². The summed E-state index contributed by atoms with van der Waals surface area (Å²) < 4.78 is 0. The maximum absolute atomic E-state index is 5.83. The van der Waals surface area contributed by atoms with Crippen LogP contribution in [0.15, 0.2) is 18.3 Å². The molecule has 3 nitrogen and oxygen atoms in total. The van der Waals surface area contributed by atoms with Gasteiger partial charge in [-0.3, -0.25) is 0 Å². The van der Waals surface area contributed by atoms with Crippen molar-refractivity contribution in [2.45, 2.75) is 12.5 Å². The van der Waals surface area contributed by atoms with Crippen LogP contribution >= 0.6 is 11.8 Å². The van der Waals surface area contributed by atoms with Gasteiger partial charge in [0.1, 0.15) is 5.82 Å². The van der Waals surface area contributed by atoms with Gasteiger partial charge in [0.05, 0.1) is 5.69 Å². The van der Waals surface area contributed by atoms with E-state index in [4.69, 9.17) is 5.73 Å². The fraction of sp³-hybridized carbons (Fsp3) is 0.500. The third-order valence-electron chi connectivity index (χ3n) is 2.65. The third kappa shape index (κ3) is 1.80. The van der Waals surface area contributed by atoms with Gasteiger partial charge in [-0.15, -0.1) is 0 Å². The van der Waals surface area contributed by atoms with Crippen molar-refractivity contribution in [2.75, 3.05) is 29.2 Å². The normalized spacial score (nSPS) is 21.1. The highest BCUT2D eigenvalue weighted by Crippen LogP contribution is 2.27. The molecule has 0 bridgehead atoms. The number of anilines is 2. The highest BCUT2D eigenvalue weighted by atomic mass is 32.2. The zero-order chi connectivity index (χ0) is 9.97. The number of thioether (sulfide) groups is 1. The number of nitrogens with two attached hydrogens (primary N) is 1. The lowest BCUT2D eigenvalue weighted by Crippen LogP contribution is -2.31. The molecule has 1 fully saturated rings. The van der Waals surface area contributed by atoms with Crippen molar-refractivity contribution in [2.24, 2.45) is 0 Å². The number of nitrogens with zero attached hydrogens (tertiary/aromatic N) is 2. The second-order valence-electron chi connectivity index (χ2n) is 3.54. The molecule has 4 heteroatoms. The van der Waals surface area contributed by atoms with Crippen LogP contribution in [-0.4, -0.2) is 29.6 Å². The highest BCUT2D eigenvalue weighted by molar-refractivity contribution is 7.99. The Kier molecular flexibility index (Phi) is 2.82. The molecule has 0 amide bonds. The van der Waals surface area contributed by atoms with Crippen LogP contribution < -0.4 is 10.6 Å². The van der Waals surface area contributed by atoms with Gasteiger partial charge in [-0.05, 0) is 24.3 Å². The highest BCUT2D eigenvalue weighted by Gasteiger charge is 2.21. The van der Waals surface area contributed by atoms with Crippen molar-refractivity contribution in [3.63, 3.8) is 0 Å². The lowest BCUT2D eigenvalue weighted by molar-refractivity contribution is 0.700. The zero-order valence-corrected chi connectivity index (χ0v) is 9.13. The molecule has 1 aromatic heterocycles. The largest absolute Gasteiger partial charge is 0.382 e. The fourth-order valence-corrected chi connectivity index (χ4v) is 3.00. The minimum Gasteiger partial charge on any atom is -0.382 e. The molecule has 1 atom stereocenters. The van der Waals surface area contributed by atoms with Gasteiger partial charge in [-0.2, -0.15) is 11.8 Å². The molecule has 1 aromatic rings. The Bertz CT molecular complexity index is 310. The number of nitrogen functional groups attached to an aromatic ring is 1. The lowest BCUT2D eigenvalue weighted by atomic mass is 10.2. The van der Waals surface area contributed by atoms with Crippen molar-refractivity contribution < 1.29 is 0 Å². The number of hydrogen-bond acceptors (Lipinski definition) is 4. The van der Waals surface area contributed by atoms with Gasteiger partial charge in [-0.1, -0.05) is 0 Å². The monoisotopic (exact) mass is 209 g/mol. The summed E-state index contributed by atoms with van der Waals surface area (Å²) in [6, 6.07) is 4.58. The Morgan fingerprint density at radius 2 is 2.50 bits per heavy atom. The van der Waals surface area contributed by atoms with Crippen molar-refractivity contribution in [3.8, 4) is 0 Å². The molecule has 1 aliphatic heterocycles. The van der Waals surface area contributed by atoms with Crippen molar-refractivity contribution >= 4 is 23.3 Å². The summed E-state index contributed by atoms with van der Waals surface area (Å²) >= 11 is 2.01. The summed E-state index contributed by atoms with van der Waals surface area (Å²) in [7, 11) is 2.10. The minimum atomic E-state index is 0.617. The van der Waals surface area contributed by atoms with Crippen molar-refractivity contribution in [1.82, 2.24) is 4.98 Å². The van der Waals surface area contributed by atoms with Crippen molar-refractivity contribution in [3.05, 3.63) is 18.3 Å². The van der Waals surface area contributed by atoms with Crippen LogP contribution in [0.1, 0.15) is 6.42 Å². The first-order valence-corrected chi connectivity index (χ1v) is 5.95. The van der Waals surface area contributed by atoms with E-state index >= 15 is 0 Å². The van der Waals surface area contributed by atoms with Crippen LogP contribution in [0.3, 0.4) is 0 Å². The van der Waals surface area contributed by atoms with E-state index in [0.29, 0.717) is 11.9 Å². The number of rotatable bonds is 2. The van der Waals surface area contributed by atoms with E-state index in [-0.39, 0.29) is 0 Å². The Morgan fingerprint density at radius 1 is 1.64 bits per heavy atom. The molecule has 2 N–H and O–H groups in total. The van der Waals surface area contributed by atoms with Crippen LogP contribution in [0.4, 0.5) is 11.5 Å². The maximum atomic E-state index is 5.83. The van der Waals surface area contributed by atoms with Crippen LogP contribution in [0.2, 0.25) is 0 Å². The quantitative estimate of drug-likeness (QED) is 0.803. The molecule has 0 spiro atoms. The summed E-state index contributed by atoms with van der Waals surface area (Å²) in [5.41, 5.74) is 6.89. The molecule has 0 saturated carbocycles. The average Bonchev–Trinajstić information content (AvgIpc) is 2.70. The molecule has 0 radical (unpaired) electrons. The molecule has 1 unspecified atom stereocenters. The van der Waals surface area contributed by atoms with Gasteiger partial charge in [-0.25, -0.2) is 4.98 Å². The van der Waals surface area contributed by atoms with Gasteiger partial charge in [0.2, 0.25) is 0 Å².